The van der Waals surface area contributed by atoms with E-state index in [2.05, 4.69) is 10.6 Å². The van der Waals surface area contributed by atoms with E-state index in [1.165, 1.54) is 19.4 Å². The van der Waals surface area contributed by atoms with Crippen LogP contribution in [0.3, 0.4) is 0 Å². The molecule has 0 unspecified atom stereocenters. The van der Waals surface area contributed by atoms with Crippen molar-refractivity contribution in [2.45, 2.75) is 18.9 Å². The lowest BCUT2D eigenvalue weighted by Crippen LogP contribution is -2.87. The first-order valence-corrected chi connectivity index (χ1v) is 6.03. The predicted molar refractivity (Wildman–Crippen MR) is 64.8 cm³/mol. The highest BCUT2D eigenvalue weighted by molar-refractivity contribution is 6.35. The van der Waals surface area contributed by atoms with E-state index in [1.54, 1.807) is 6.07 Å². The van der Waals surface area contributed by atoms with E-state index >= 15 is 0 Å². The fourth-order valence-electron chi connectivity index (χ4n) is 1.91. The van der Waals surface area contributed by atoms with Crippen molar-refractivity contribution in [3.63, 3.8) is 0 Å². The summed E-state index contributed by atoms with van der Waals surface area (Å²) in [5.41, 5.74) is 0.935. The van der Waals surface area contributed by atoms with Gasteiger partial charge in [0, 0.05) is 17.9 Å². The molecular formula is C11H15Cl2N2+. The number of nitrogens with one attached hydrogen (secondary N) is 1. The first kappa shape index (κ1) is 11.1. The molecule has 15 heavy (non-hydrogen) atoms. The highest BCUT2D eigenvalue weighted by Gasteiger charge is 2.17. The number of quaternary nitrogens is 1. The molecule has 1 aliphatic rings. The Kier molecular flexibility index (Phi) is 3.73. The quantitative estimate of drug-likeness (QED) is 0.840. The van der Waals surface area contributed by atoms with Crippen LogP contribution in [-0.4, -0.2) is 19.1 Å². The molecule has 1 saturated heterocycles. The molecule has 1 atom stereocenters. The number of benzene rings is 1. The number of halogens is 2. The number of hydrogen-bond donors (Lipinski definition) is 2. The molecule has 1 heterocycles. The van der Waals surface area contributed by atoms with Gasteiger partial charge < -0.3 is 10.6 Å². The van der Waals surface area contributed by atoms with E-state index in [0.717, 1.165) is 22.3 Å². The lowest BCUT2D eigenvalue weighted by molar-refractivity contribution is -0.666. The third-order valence-electron chi connectivity index (χ3n) is 2.76. The third-order valence-corrected chi connectivity index (χ3v) is 3.33. The van der Waals surface area contributed by atoms with E-state index in [4.69, 9.17) is 23.2 Å². The number of hydrogen-bond acceptors (Lipinski definition) is 1. The second-order valence-electron chi connectivity index (χ2n) is 3.93. The van der Waals surface area contributed by atoms with Gasteiger partial charge in [0.25, 0.3) is 0 Å². The Hall–Kier alpha value is -0.440. The smallest absolute Gasteiger partial charge is 0.104 e. The molecular weight excluding hydrogens is 231 g/mol. The van der Waals surface area contributed by atoms with Crippen LogP contribution in [0.2, 0.25) is 10.0 Å². The maximum absolute atomic E-state index is 6.05. The lowest BCUT2D eigenvalue weighted by Gasteiger charge is -2.11. The van der Waals surface area contributed by atoms with Gasteiger partial charge in [0.1, 0.15) is 6.04 Å². The standard InChI is InChI=1S/C11H14Cl2N2/c12-8-3-4-10(13)11(6-8)15-7-9-2-1-5-14-9/h3-4,6,9,14-15H,1-2,5,7H2/p+1/t9-/m0/s1. The van der Waals surface area contributed by atoms with Gasteiger partial charge >= 0.3 is 0 Å². The van der Waals surface area contributed by atoms with Crippen LogP contribution in [0.1, 0.15) is 12.8 Å². The van der Waals surface area contributed by atoms with Gasteiger partial charge in [0.05, 0.1) is 23.8 Å². The van der Waals surface area contributed by atoms with Crippen molar-refractivity contribution in [1.29, 1.82) is 0 Å². The Bertz CT molecular complexity index is 335. The molecule has 0 saturated carbocycles. The average molecular weight is 246 g/mol. The molecule has 3 N–H and O–H groups in total. The van der Waals surface area contributed by atoms with Gasteiger partial charge in [-0.05, 0) is 18.2 Å². The van der Waals surface area contributed by atoms with E-state index < -0.39 is 0 Å². The molecule has 2 nitrogen and oxygen atoms in total. The molecule has 1 fully saturated rings. The number of nitrogens with two attached hydrogens (primary N) is 1. The summed E-state index contributed by atoms with van der Waals surface area (Å²) < 4.78 is 0. The molecule has 0 radical (unpaired) electrons. The third kappa shape index (κ3) is 3.00. The number of anilines is 1. The van der Waals surface area contributed by atoms with Crippen molar-refractivity contribution in [2.24, 2.45) is 0 Å². The van der Waals surface area contributed by atoms with E-state index in [-0.39, 0.29) is 0 Å². The zero-order valence-corrected chi connectivity index (χ0v) is 9.98. The van der Waals surface area contributed by atoms with Gasteiger partial charge in [-0.1, -0.05) is 23.2 Å². The first-order valence-electron chi connectivity index (χ1n) is 5.28. The Labute approximate surface area is 100.0 Å². The highest BCUT2D eigenvalue weighted by atomic mass is 35.5. The molecule has 1 aliphatic heterocycles. The van der Waals surface area contributed by atoms with Crippen LogP contribution >= 0.6 is 23.2 Å². The monoisotopic (exact) mass is 245 g/mol. The van der Waals surface area contributed by atoms with Crippen LogP contribution in [0, 0.1) is 0 Å². The lowest BCUT2D eigenvalue weighted by atomic mass is 10.2. The molecule has 2 rings (SSSR count). The van der Waals surface area contributed by atoms with Crippen molar-refractivity contribution in [2.75, 3.05) is 18.4 Å². The molecule has 0 aromatic heterocycles. The summed E-state index contributed by atoms with van der Waals surface area (Å²) in [5, 5.41) is 7.18. The largest absolute Gasteiger partial charge is 0.378 e. The Morgan fingerprint density at radius 1 is 1.40 bits per heavy atom. The van der Waals surface area contributed by atoms with Crippen LogP contribution < -0.4 is 10.6 Å². The van der Waals surface area contributed by atoms with Gasteiger partial charge in [0.2, 0.25) is 0 Å². The second-order valence-corrected chi connectivity index (χ2v) is 4.78. The Morgan fingerprint density at radius 3 is 3.00 bits per heavy atom. The fourth-order valence-corrected chi connectivity index (χ4v) is 2.27. The SMILES string of the molecule is Clc1ccc(Cl)c(NC[C@@H]2CCC[NH2+]2)c1. The summed E-state index contributed by atoms with van der Waals surface area (Å²) in [5.74, 6) is 0. The average Bonchev–Trinajstić information content (AvgIpc) is 2.72. The van der Waals surface area contributed by atoms with E-state index in [1.807, 2.05) is 12.1 Å². The van der Waals surface area contributed by atoms with E-state index in [9.17, 15) is 0 Å². The molecule has 1 aromatic rings. The maximum atomic E-state index is 6.05. The van der Waals surface area contributed by atoms with Gasteiger partial charge in [-0.2, -0.15) is 0 Å². The van der Waals surface area contributed by atoms with E-state index in [0.29, 0.717) is 6.04 Å². The van der Waals surface area contributed by atoms with Crippen molar-refractivity contribution < 1.29 is 5.32 Å². The summed E-state index contributed by atoms with van der Waals surface area (Å²) in [7, 11) is 0. The molecule has 0 spiro atoms. The van der Waals surface area contributed by atoms with Crippen molar-refractivity contribution in [3.05, 3.63) is 28.2 Å². The zero-order chi connectivity index (χ0) is 10.7. The molecule has 0 amide bonds. The number of rotatable bonds is 3. The summed E-state index contributed by atoms with van der Waals surface area (Å²) >= 11 is 12.0. The minimum atomic E-state index is 0.681. The summed E-state index contributed by atoms with van der Waals surface area (Å²) in [6, 6.07) is 6.18. The first-order chi connectivity index (χ1) is 7.25. The minimum absolute atomic E-state index is 0.681. The zero-order valence-electron chi connectivity index (χ0n) is 8.47. The highest BCUT2D eigenvalue weighted by Crippen LogP contribution is 2.25. The molecule has 4 heteroatoms. The predicted octanol–water partition coefficient (Wildman–Crippen LogP) is 2.13. The van der Waals surface area contributed by atoms with Crippen LogP contribution in [0.15, 0.2) is 18.2 Å². The molecule has 0 aliphatic carbocycles. The van der Waals surface area contributed by atoms with Gasteiger partial charge in [-0.3, -0.25) is 0 Å². The topological polar surface area (TPSA) is 28.6 Å². The van der Waals surface area contributed by atoms with Gasteiger partial charge in [-0.25, -0.2) is 0 Å². The molecule has 82 valence electrons. The van der Waals surface area contributed by atoms with Crippen molar-refractivity contribution in [3.8, 4) is 0 Å². The van der Waals surface area contributed by atoms with Crippen LogP contribution in [0.5, 0.6) is 0 Å². The normalized spacial score (nSPS) is 20.5. The molecule has 0 bridgehead atoms. The Morgan fingerprint density at radius 2 is 2.27 bits per heavy atom. The summed E-state index contributed by atoms with van der Waals surface area (Å²) in [6.45, 7) is 2.20. The minimum Gasteiger partial charge on any atom is -0.378 e. The van der Waals surface area contributed by atoms with Gasteiger partial charge in [-0.15, -0.1) is 0 Å². The summed E-state index contributed by atoms with van der Waals surface area (Å²) in [4.78, 5) is 0. The van der Waals surface area contributed by atoms with Crippen molar-refractivity contribution >= 4 is 28.9 Å². The van der Waals surface area contributed by atoms with Gasteiger partial charge in [0.15, 0.2) is 0 Å². The van der Waals surface area contributed by atoms with Crippen LogP contribution in [0.25, 0.3) is 0 Å². The fraction of sp³-hybridized carbons (Fsp3) is 0.455. The van der Waals surface area contributed by atoms with Crippen molar-refractivity contribution in [1.82, 2.24) is 0 Å². The Balaban J connectivity index is 1.94. The summed E-state index contributed by atoms with van der Waals surface area (Å²) in [6.07, 6.45) is 2.60. The maximum Gasteiger partial charge on any atom is 0.104 e. The van der Waals surface area contributed by atoms with Crippen LogP contribution in [-0.2, 0) is 0 Å². The van der Waals surface area contributed by atoms with Crippen LogP contribution in [0.4, 0.5) is 5.69 Å². The molecule has 1 aromatic carbocycles. The second kappa shape index (κ2) is 5.06.